The molecular formula is C14H20N2O5. The summed E-state index contributed by atoms with van der Waals surface area (Å²) in [5.41, 5.74) is -1.53. The van der Waals surface area contributed by atoms with Crippen LogP contribution in [-0.2, 0) is 0 Å². The van der Waals surface area contributed by atoms with Gasteiger partial charge in [-0.15, -0.1) is 0 Å². The Kier molecular flexibility index (Phi) is 5.66. The number of aromatic nitrogens is 1. The third-order valence-electron chi connectivity index (χ3n) is 3.09. The molecule has 0 saturated heterocycles. The van der Waals surface area contributed by atoms with E-state index in [4.69, 9.17) is 5.11 Å². The van der Waals surface area contributed by atoms with Crippen LogP contribution in [0.15, 0.2) is 17.2 Å². The second kappa shape index (κ2) is 7.03. The lowest BCUT2D eigenvalue weighted by atomic mass is 10.1. The molecule has 1 heterocycles. The summed E-state index contributed by atoms with van der Waals surface area (Å²) in [7, 11) is 0. The lowest BCUT2D eigenvalue weighted by molar-refractivity contribution is 0.0694. The minimum atomic E-state index is -1.38. The SMILES string of the molecule is CC[C@H](O)CNC(=O)c1cn(C(C)C)cc(C(=O)O)c1=O. The Morgan fingerprint density at radius 3 is 2.33 bits per heavy atom. The van der Waals surface area contributed by atoms with E-state index in [0.29, 0.717) is 6.42 Å². The van der Waals surface area contributed by atoms with Crippen LogP contribution in [0.5, 0.6) is 0 Å². The number of hydrogen-bond donors (Lipinski definition) is 3. The zero-order chi connectivity index (χ0) is 16.2. The highest BCUT2D eigenvalue weighted by Gasteiger charge is 2.19. The molecule has 7 heteroatoms. The van der Waals surface area contributed by atoms with E-state index < -0.39 is 29.0 Å². The predicted octanol–water partition coefficient (Wildman–Crippen LogP) is 0.628. The smallest absolute Gasteiger partial charge is 0.341 e. The van der Waals surface area contributed by atoms with Gasteiger partial charge in [0.15, 0.2) is 0 Å². The highest BCUT2D eigenvalue weighted by Crippen LogP contribution is 2.07. The Morgan fingerprint density at radius 2 is 1.86 bits per heavy atom. The quantitative estimate of drug-likeness (QED) is 0.713. The minimum Gasteiger partial charge on any atom is -0.477 e. The van der Waals surface area contributed by atoms with Crippen LogP contribution in [0.25, 0.3) is 0 Å². The molecule has 0 radical (unpaired) electrons. The lowest BCUT2D eigenvalue weighted by Crippen LogP contribution is -2.36. The summed E-state index contributed by atoms with van der Waals surface area (Å²) in [5, 5.41) is 20.9. The van der Waals surface area contributed by atoms with Crippen LogP contribution in [0.4, 0.5) is 0 Å². The fraction of sp³-hybridized carbons (Fsp3) is 0.500. The van der Waals surface area contributed by atoms with Crippen LogP contribution in [0.2, 0.25) is 0 Å². The van der Waals surface area contributed by atoms with Gasteiger partial charge in [-0.05, 0) is 20.3 Å². The summed E-state index contributed by atoms with van der Waals surface area (Å²) in [6.07, 6.45) is 2.30. The van der Waals surface area contributed by atoms with Crippen molar-refractivity contribution < 1.29 is 19.8 Å². The second-order valence-corrected chi connectivity index (χ2v) is 5.03. The maximum absolute atomic E-state index is 12.0. The highest BCUT2D eigenvalue weighted by atomic mass is 16.4. The number of carbonyl (C=O) groups excluding carboxylic acids is 1. The van der Waals surface area contributed by atoms with Crippen molar-refractivity contribution in [1.29, 1.82) is 0 Å². The molecule has 1 amide bonds. The summed E-state index contributed by atoms with van der Waals surface area (Å²) in [4.78, 5) is 35.1. The number of aromatic carboxylic acids is 1. The van der Waals surface area contributed by atoms with Crippen LogP contribution in [-0.4, -0.2) is 39.3 Å². The van der Waals surface area contributed by atoms with Gasteiger partial charge in [0.25, 0.3) is 5.91 Å². The normalized spacial score (nSPS) is 12.2. The molecule has 1 aromatic rings. The first-order valence-electron chi connectivity index (χ1n) is 6.73. The number of rotatable bonds is 6. The molecule has 1 atom stereocenters. The zero-order valence-corrected chi connectivity index (χ0v) is 12.3. The number of nitrogens with zero attached hydrogens (tertiary/aromatic N) is 1. The van der Waals surface area contributed by atoms with Crippen molar-refractivity contribution in [3.05, 3.63) is 33.7 Å². The number of aliphatic hydroxyl groups excluding tert-OH is 1. The molecule has 3 N–H and O–H groups in total. The van der Waals surface area contributed by atoms with Gasteiger partial charge >= 0.3 is 5.97 Å². The molecule has 7 nitrogen and oxygen atoms in total. The van der Waals surface area contributed by atoms with Gasteiger partial charge < -0.3 is 20.1 Å². The molecule has 0 aromatic carbocycles. The van der Waals surface area contributed by atoms with E-state index in [1.165, 1.54) is 17.0 Å². The Labute approximate surface area is 122 Å². The van der Waals surface area contributed by atoms with Crippen molar-refractivity contribution in [1.82, 2.24) is 9.88 Å². The first-order chi connectivity index (χ1) is 9.77. The van der Waals surface area contributed by atoms with Gasteiger partial charge in [-0.1, -0.05) is 6.92 Å². The number of carboxylic acids is 1. The monoisotopic (exact) mass is 296 g/mol. The first-order valence-corrected chi connectivity index (χ1v) is 6.73. The standard InChI is InChI=1S/C14H20N2O5/c1-4-9(17)5-15-13(19)10-6-16(8(2)3)7-11(12(10)18)14(20)21/h6-9,17H,4-5H2,1-3H3,(H,15,19)(H,20,21)/t9-/m0/s1. The molecule has 116 valence electrons. The summed E-state index contributed by atoms with van der Waals surface area (Å²) in [5.74, 6) is -2.07. The van der Waals surface area contributed by atoms with Crippen molar-refractivity contribution in [3.63, 3.8) is 0 Å². The topological polar surface area (TPSA) is 109 Å². The number of carboxylic acid groups (broad SMARTS) is 1. The largest absolute Gasteiger partial charge is 0.477 e. The van der Waals surface area contributed by atoms with Crippen molar-refractivity contribution in [2.24, 2.45) is 0 Å². The van der Waals surface area contributed by atoms with Crippen molar-refractivity contribution >= 4 is 11.9 Å². The van der Waals surface area contributed by atoms with E-state index in [9.17, 15) is 19.5 Å². The average Bonchev–Trinajstić information content (AvgIpc) is 2.43. The van der Waals surface area contributed by atoms with E-state index in [2.05, 4.69) is 5.32 Å². The van der Waals surface area contributed by atoms with E-state index in [1.54, 1.807) is 20.8 Å². The summed E-state index contributed by atoms with van der Waals surface area (Å²) in [6.45, 7) is 5.37. The van der Waals surface area contributed by atoms with Gasteiger partial charge in [0.05, 0.1) is 6.10 Å². The van der Waals surface area contributed by atoms with E-state index >= 15 is 0 Å². The molecule has 0 aliphatic heterocycles. The third kappa shape index (κ3) is 4.16. The molecule has 1 aromatic heterocycles. The number of pyridine rings is 1. The van der Waals surface area contributed by atoms with E-state index in [0.717, 1.165) is 0 Å². The lowest BCUT2D eigenvalue weighted by Gasteiger charge is -2.14. The molecule has 0 aliphatic rings. The molecular weight excluding hydrogens is 276 g/mol. The van der Waals surface area contributed by atoms with Crippen molar-refractivity contribution in [2.45, 2.75) is 39.3 Å². The van der Waals surface area contributed by atoms with Crippen molar-refractivity contribution in [3.8, 4) is 0 Å². The van der Waals surface area contributed by atoms with Gasteiger partial charge in [-0.3, -0.25) is 9.59 Å². The number of nitrogens with one attached hydrogen (secondary N) is 1. The molecule has 1 rings (SSSR count). The minimum absolute atomic E-state index is 0.00769. The van der Waals surface area contributed by atoms with Gasteiger partial charge in [-0.2, -0.15) is 0 Å². The molecule has 0 bridgehead atoms. The van der Waals surface area contributed by atoms with Gasteiger partial charge in [0, 0.05) is 25.0 Å². The van der Waals surface area contributed by atoms with Gasteiger partial charge in [0.1, 0.15) is 11.1 Å². The van der Waals surface area contributed by atoms with Crippen LogP contribution in [0.1, 0.15) is 53.9 Å². The second-order valence-electron chi connectivity index (χ2n) is 5.03. The fourth-order valence-electron chi connectivity index (χ4n) is 1.66. The van der Waals surface area contributed by atoms with E-state index in [-0.39, 0.29) is 18.2 Å². The van der Waals surface area contributed by atoms with Crippen LogP contribution in [0, 0.1) is 0 Å². The Balaban J connectivity index is 3.19. The zero-order valence-electron chi connectivity index (χ0n) is 12.3. The van der Waals surface area contributed by atoms with Crippen LogP contribution in [0.3, 0.4) is 0 Å². The Morgan fingerprint density at radius 1 is 1.29 bits per heavy atom. The molecule has 0 aliphatic carbocycles. The fourth-order valence-corrected chi connectivity index (χ4v) is 1.66. The average molecular weight is 296 g/mol. The van der Waals surface area contributed by atoms with Gasteiger partial charge in [0.2, 0.25) is 5.43 Å². The van der Waals surface area contributed by atoms with Gasteiger partial charge in [-0.25, -0.2) is 4.79 Å². The summed E-state index contributed by atoms with van der Waals surface area (Å²) < 4.78 is 1.50. The highest BCUT2D eigenvalue weighted by molar-refractivity contribution is 5.96. The number of amides is 1. The maximum atomic E-state index is 12.0. The number of aliphatic hydroxyl groups is 1. The molecule has 0 spiro atoms. The summed E-state index contributed by atoms with van der Waals surface area (Å²) >= 11 is 0. The predicted molar refractivity (Wildman–Crippen MR) is 76.7 cm³/mol. The molecule has 0 saturated carbocycles. The summed E-state index contributed by atoms with van der Waals surface area (Å²) in [6, 6.07) is -0.100. The number of carbonyl (C=O) groups is 2. The van der Waals surface area contributed by atoms with Crippen LogP contribution >= 0.6 is 0 Å². The van der Waals surface area contributed by atoms with Crippen molar-refractivity contribution in [2.75, 3.05) is 6.54 Å². The first kappa shape index (κ1) is 16.9. The molecule has 21 heavy (non-hydrogen) atoms. The maximum Gasteiger partial charge on any atom is 0.341 e. The molecule has 0 unspecified atom stereocenters. The van der Waals surface area contributed by atoms with E-state index in [1.807, 2.05) is 0 Å². The number of hydrogen-bond acceptors (Lipinski definition) is 4. The third-order valence-corrected chi connectivity index (χ3v) is 3.09. The Bertz CT molecular complexity index is 592. The Hall–Kier alpha value is -2.15. The molecule has 0 fully saturated rings. The van der Waals surface area contributed by atoms with Crippen LogP contribution < -0.4 is 10.7 Å².